The van der Waals surface area contributed by atoms with Crippen molar-refractivity contribution in [3.8, 4) is 5.75 Å². The Hall–Kier alpha value is -1.70. The molecule has 2 rings (SSSR count). The van der Waals surface area contributed by atoms with E-state index in [1.165, 1.54) is 11.1 Å². The van der Waals surface area contributed by atoms with Gasteiger partial charge in [0.05, 0.1) is 12.5 Å². The molecule has 0 saturated carbocycles. The molecule has 0 atom stereocenters. The van der Waals surface area contributed by atoms with Crippen molar-refractivity contribution in [3.63, 3.8) is 0 Å². The van der Waals surface area contributed by atoms with E-state index in [9.17, 15) is 0 Å². The van der Waals surface area contributed by atoms with E-state index in [1.807, 2.05) is 18.2 Å². The standard InChI is InChI=1S/C13H14O2/c1-10-5-11(2)7-13(6-10)15-9-12-3-4-14-8-12/h3-8H,9H2,1-2H3. The van der Waals surface area contributed by atoms with Crippen molar-refractivity contribution >= 4 is 0 Å². The van der Waals surface area contributed by atoms with Gasteiger partial charge in [0, 0.05) is 5.56 Å². The van der Waals surface area contributed by atoms with Crippen molar-refractivity contribution in [1.82, 2.24) is 0 Å². The highest BCUT2D eigenvalue weighted by atomic mass is 16.5. The van der Waals surface area contributed by atoms with Crippen LogP contribution in [0.2, 0.25) is 0 Å². The second kappa shape index (κ2) is 4.22. The van der Waals surface area contributed by atoms with Gasteiger partial charge in [-0.15, -0.1) is 0 Å². The third kappa shape index (κ3) is 2.62. The number of ether oxygens (including phenoxy) is 1. The quantitative estimate of drug-likeness (QED) is 0.760. The molecule has 1 heterocycles. The van der Waals surface area contributed by atoms with Gasteiger partial charge in [-0.25, -0.2) is 0 Å². The molecule has 0 radical (unpaired) electrons. The van der Waals surface area contributed by atoms with Crippen LogP contribution < -0.4 is 4.74 Å². The Morgan fingerprint density at radius 2 is 1.87 bits per heavy atom. The largest absolute Gasteiger partial charge is 0.489 e. The van der Waals surface area contributed by atoms with E-state index >= 15 is 0 Å². The third-order valence-corrected chi connectivity index (χ3v) is 2.18. The van der Waals surface area contributed by atoms with Gasteiger partial charge in [-0.1, -0.05) is 6.07 Å². The zero-order valence-corrected chi connectivity index (χ0v) is 8.99. The number of rotatable bonds is 3. The van der Waals surface area contributed by atoms with Crippen LogP contribution in [0.15, 0.2) is 41.2 Å². The highest BCUT2D eigenvalue weighted by Gasteiger charge is 1.98. The van der Waals surface area contributed by atoms with Crippen LogP contribution in [0.3, 0.4) is 0 Å². The summed E-state index contributed by atoms with van der Waals surface area (Å²) in [6.45, 7) is 4.69. The normalized spacial score (nSPS) is 10.3. The van der Waals surface area contributed by atoms with Crippen molar-refractivity contribution in [2.24, 2.45) is 0 Å². The van der Waals surface area contributed by atoms with Gasteiger partial charge in [0.25, 0.3) is 0 Å². The Morgan fingerprint density at radius 1 is 1.13 bits per heavy atom. The second-order valence-corrected chi connectivity index (χ2v) is 3.74. The van der Waals surface area contributed by atoms with E-state index in [4.69, 9.17) is 9.15 Å². The fraction of sp³-hybridized carbons (Fsp3) is 0.231. The first-order valence-corrected chi connectivity index (χ1v) is 4.96. The Morgan fingerprint density at radius 3 is 2.47 bits per heavy atom. The maximum Gasteiger partial charge on any atom is 0.120 e. The summed E-state index contributed by atoms with van der Waals surface area (Å²) in [5, 5.41) is 0. The molecule has 2 aromatic rings. The van der Waals surface area contributed by atoms with Crippen LogP contribution in [0.4, 0.5) is 0 Å². The van der Waals surface area contributed by atoms with E-state index in [1.54, 1.807) is 12.5 Å². The minimum atomic E-state index is 0.555. The van der Waals surface area contributed by atoms with E-state index in [0.717, 1.165) is 11.3 Å². The lowest BCUT2D eigenvalue weighted by molar-refractivity contribution is 0.304. The molecule has 0 aliphatic rings. The molecule has 2 heteroatoms. The zero-order chi connectivity index (χ0) is 10.7. The van der Waals surface area contributed by atoms with E-state index in [0.29, 0.717) is 6.61 Å². The lowest BCUT2D eigenvalue weighted by Gasteiger charge is -2.06. The monoisotopic (exact) mass is 202 g/mol. The minimum absolute atomic E-state index is 0.555. The van der Waals surface area contributed by atoms with Crippen LogP contribution in [-0.4, -0.2) is 0 Å². The van der Waals surface area contributed by atoms with Gasteiger partial charge < -0.3 is 9.15 Å². The molecule has 0 saturated heterocycles. The average Bonchev–Trinajstić information content (AvgIpc) is 2.65. The van der Waals surface area contributed by atoms with Gasteiger partial charge in [0.2, 0.25) is 0 Å². The maximum absolute atomic E-state index is 5.65. The molecule has 2 nitrogen and oxygen atoms in total. The summed E-state index contributed by atoms with van der Waals surface area (Å²) < 4.78 is 10.6. The molecule has 0 spiro atoms. The van der Waals surface area contributed by atoms with Crippen LogP contribution in [0.5, 0.6) is 5.75 Å². The molecule has 1 aromatic heterocycles. The smallest absolute Gasteiger partial charge is 0.120 e. The summed E-state index contributed by atoms with van der Waals surface area (Å²) in [6, 6.07) is 8.10. The average molecular weight is 202 g/mol. The third-order valence-electron chi connectivity index (χ3n) is 2.18. The number of benzene rings is 1. The molecule has 0 amide bonds. The Bertz CT molecular complexity index is 410. The zero-order valence-electron chi connectivity index (χ0n) is 8.99. The lowest BCUT2D eigenvalue weighted by Crippen LogP contribution is -1.94. The van der Waals surface area contributed by atoms with Gasteiger partial charge in [-0.05, 0) is 43.2 Å². The Balaban J connectivity index is 2.05. The Labute approximate surface area is 89.5 Å². The molecule has 0 unspecified atom stereocenters. The lowest BCUT2D eigenvalue weighted by atomic mass is 10.1. The highest BCUT2D eigenvalue weighted by Crippen LogP contribution is 2.17. The molecule has 0 aliphatic carbocycles. The van der Waals surface area contributed by atoms with Gasteiger partial charge in [-0.2, -0.15) is 0 Å². The summed E-state index contributed by atoms with van der Waals surface area (Å²) in [7, 11) is 0. The molecule has 0 fully saturated rings. The van der Waals surface area contributed by atoms with Gasteiger partial charge >= 0.3 is 0 Å². The fourth-order valence-electron chi connectivity index (χ4n) is 1.56. The van der Waals surface area contributed by atoms with Crippen LogP contribution in [0, 0.1) is 13.8 Å². The van der Waals surface area contributed by atoms with E-state index in [2.05, 4.69) is 19.9 Å². The summed E-state index contributed by atoms with van der Waals surface area (Å²) in [4.78, 5) is 0. The second-order valence-electron chi connectivity index (χ2n) is 3.74. The van der Waals surface area contributed by atoms with Gasteiger partial charge in [0.1, 0.15) is 12.4 Å². The number of aryl methyl sites for hydroxylation is 2. The van der Waals surface area contributed by atoms with Gasteiger partial charge in [0.15, 0.2) is 0 Å². The topological polar surface area (TPSA) is 22.4 Å². The van der Waals surface area contributed by atoms with Crippen molar-refractivity contribution < 1.29 is 9.15 Å². The maximum atomic E-state index is 5.65. The predicted octanol–water partition coefficient (Wildman–Crippen LogP) is 3.48. The van der Waals surface area contributed by atoms with E-state index < -0.39 is 0 Å². The van der Waals surface area contributed by atoms with Crippen LogP contribution >= 0.6 is 0 Å². The molecular formula is C13H14O2. The molecule has 78 valence electrons. The number of furan rings is 1. The first-order chi connectivity index (χ1) is 7.24. The van der Waals surface area contributed by atoms with Crippen molar-refractivity contribution in [2.45, 2.75) is 20.5 Å². The molecule has 0 aliphatic heterocycles. The first kappa shape index (κ1) is 9.84. The fourth-order valence-corrected chi connectivity index (χ4v) is 1.56. The molecule has 1 aromatic carbocycles. The number of hydrogen-bond donors (Lipinski definition) is 0. The predicted molar refractivity (Wildman–Crippen MR) is 59.0 cm³/mol. The highest BCUT2D eigenvalue weighted by molar-refractivity contribution is 5.33. The summed E-state index contributed by atoms with van der Waals surface area (Å²) in [6.07, 6.45) is 3.35. The molecule has 0 bridgehead atoms. The summed E-state index contributed by atoms with van der Waals surface area (Å²) in [5.74, 6) is 0.911. The number of hydrogen-bond acceptors (Lipinski definition) is 2. The van der Waals surface area contributed by atoms with Crippen LogP contribution in [-0.2, 0) is 6.61 Å². The van der Waals surface area contributed by atoms with Gasteiger partial charge in [-0.3, -0.25) is 0 Å². The Kier molecular flexibility index (Phi) is 2.77. The van der Waals surface area contributed by atoms with E-state index in [-0.39, 0.29) is 0 Å². The van der Waals surface area contributed by atoms with Crippen LogP contribution in [0.1, 0.15) is 16.7 Å². The van der Waals surface area contributed by atoms with Crippen molar-refractivity contribution in [3.05, 3.63) is 53.5 Å². The molecular weight excluding hydrogens is 188 g/mol. The first-order valence-electron chi connectivity index (χ1n) is 4.96. The van der Waals surface area contributed by atoms with Crippen molar-refractivity contribution in [1.29, 1.82) is 0 Å². The SMILES string of the molecule is Cc1cc(C)cc(OCc2ccoc2)c1. The summed E-state index contributed by atoms with van der Waals surface area (Å²) in [5.41, 5.74) is 3.49. The summed E-state index contributed by atoms with van der Waals surface area (Å²) >= 11 is 0. The molecule has 15 heavy (non-hydrogen) atoms. The van der Waals surface area contributed by atoms with Crippen molar-refractivity contribution in [2.75, 3.05) is 0 Å². The minimum Gasteiger partial charge on any atom is -0.489 e. The molecule has 0 N–H and O–H groups in total. The van der Waals surface area contributed by atoms with Crippen LogP contribution in [0.25, 0.3) is 0 Å².